The van der Waals surface area contributed by atoms with Gasteiger partial charge in [0.15, 0.2) is 5.75 Å². The summed E-state index contributed by atoms with van der Waals surface area (Å²) in [6, 6.07) is 4.35. The number of amides is 1. The fraction of sp³-hybridized carbons (Fsp3) is 0.385. The number of nitrogens with two attached hydrogens (primary N) is 1. The van der Waals surface area contributed by atoms with Crippen LogP contribution >= 0.6 is 0 Å². The van der Waals surface area contributed by atoms with Crippen LogP contribution in [0.25, 0.3) is 0 Å². The molecule has 10 heteroatoms. The molecule has 0 aliphatic carbocycles. The van der Waals surface area contributed by atoms with Crippen molar-refractivity contribution in [3.63, 3.8) is 0 Å². The van der Waals surface area contributed by atoms with Crippen LogP contribution < -0.4 is 15.2 Å². The van der Waals surface area contributed by atoms with E-state index in [0.29, 0.717) is 12.8 Å². The summed E-state index contributed by atoms with van der Waals surface area (Å²) in [4.78, 5) is 22.4. The van der Waals surface area contributed by atoms with Gasteiger partial charge in [-0.25, -0.2) is 0 Å². The van der Waals surface area contributed by atoms with Crippen molar-refractivity contribution in [1.82, 2.24) is 5.32 Å². The molecule has 0 radical (unpaired) electrons. The predicted octanol–water partition coefficient (Wildman–Crippen LogP) is 0.592. The summed E-state index contributed by atoms with van der Waals surface area (Å²) in [6.45, 7) is 0.224. The number of carbonyl (C=O) groups excluding carboxylic acids is 1. The molecule has 128 valence electrons. The molecule has 0 fully saturated rings. The maximum Gasteiger partial charge on any atom is 0.488 e. The second kappa shape index (κ2) is 8.44. The van der Waals surface area contributed by atoms with Gasteiger partial charge in [-0.2, -0.15) is 8.42 Å². The van der Waals surface area contributed by atoms with Crippen molar-refractivity contribution in [2.75, 3.05) is 6.54 Å². The summed E-state index contributed by atoms with van der Waals surface area (Å²) in [5.74, 6) is -2.14. The Morgan fingerprint density at radius 1 is 1.30 bits per heavy atom. The first-order valence-corrected chi connectivity index (χ1v) is 8.01. The molecule has 1 amide bonds. The highest BCUT2D eigenvalue weighted by Gasteiger charge is 2.17. The molecule has 0 spiro atoms. The Labute approximate surface area is 132 Å². The zero-order valence-corrected chi connectivity index (χ0v) is 12.9. The third-order valence-electron chi connectivity index (χ3n) is 2.87. The van der Waals surface area contributed by atoms with E-state index in [2.05, 4.69) is 9.50 Å². The van der Waals surface area contributed by atoms with Gasteiger partial charge < -0.3 is 20.3 Å². The fourth-order valence-electron chi connectivity index (χ4n) is 1.74. The van der Waals surface area contributed by atoms with Crippen LogP contribution in [0.15, 0.2) is 24.3 Å². The van der Waals surface area contributed by atoms with Crippen molar-refractivity contribution in [2.24, 2.45) is 5.73 Å². The van der Waals surface area contributed by atoms with E-state index >= 15 is 0 Å². The first kappa shape index (κ1) is 18.8. The third kappa shape index (κ3) is 7.06. The van der Waals surface area contributed by atoms with Crippen LogP contribution in [0.1, 0.15) is 29.6 Å². The highest BCUT2D eigenvalue weighted by atomic mass is 32.3. The van der Waals surface area contributed by atoms with Gasteiger partial charge in [0.25, 0.3) is 5.91 Å². The zero-order valence-electron chi connectivity index (χ0n) is 12.1. The molecule has 0 aliphatic heterocycles. The van der Waals surface area contributed by atoms with Gasteiger partial charge in [-0.15, -0.1) is 0 Å². The molecule has 8 nitrogen and oxygen atoms in total. The van der Waals surface area contributed by atoms with Gasteiger partial charge in [-0.3, -0.25) is 9.59 Å². The Hall–Kier alpha value is -2.20. The van der Waals surface area contributed by atoms with Crippen LogP contribution in [0.2, 0.25) is 0 Å². The van der Waals surface area contributed by atoms with Gasteiger partial charge in [0, 0.05) is 6.54 Å². The Balaban J connectivity index is 2.51. The van der Waals surface area contributed by atoms with Crippen LogP contribution in [0.3, 0.4) is 0 Å². The van der Waals surface area contributed by atoms with Gasteiger partial charge in [-0.1, -0.05) is 16.0 Å². The summed E-state index contributed by atoms with van der Waals surface area (Å²) in [7, 11) is -5.23. The Morgan fingerprint density at radius 3 is 2.57 bits per heavy atom. The van der Waals surface area contributed by atoms with Crippen molar-refractivity contribution < 1.29 is 31.2 Å². The monoisotopic (exact) mass is 348 g/mol. The molecular formula is C13H17FN2O6S. The molecule has 0 unspecified atom stereocenters. The van der Waals surface area contributed by atoms with Crippen molar-refractivity contribution in [3.8, 4) is 5.75 Å². The Bertz CT molecular complexity index is 664. The maximum absolute atomic E-state index is 12.6. The lowest BCUT2D eigenvalue weighted by molar-refractivity contribution is -0.138. The number of nitrogens with one attached hydrogen (secondary N) is 1. The number of hydrogen-bond donors (Lipinski definition) is 3. The number of carboxylic acid groups (broad SMARTS) is 1. The standard InChI is InChI=1S/C13H17FN2O6S/c14-23(20,21)22-11-7-2-1-5-9(11)12(17)16-8-4-3-6-10(15)13(18)19/h1-2,5,7,10H,3-4,6,8,15H2,(H,16,17)(H,18,19)/t10-/m0/s1. The van der Waals surface area contributed by atoms with E-state index < -0.39 is 34.2 Å². The Kier molecular flexibility index (Phi) is 6.91. The van der Waals surface area contributed by atoms with Crippen molar-refractivity contribution in [2.45, 2.75) is 25.3 Å². The third-order valence-corrected chi connectivity index (χ3v) is 3.24. The van der Waals surface area contributed by atoms with Gasteiger partial charge in [-0.05, 0) is 31.4 Å². The predicted molar refractivity (Wildman–Crippen MR) is 78.9 cm³/mol. The van der Waals surface area contributed by atoms with Crippen LogP contribution in [0.5, 0.6) is 5.75 Å². The highest BCUT2D eigenvalue weighted by molar-refractivity contribution is 7.81. The van der Waals surface area contributed by atoms with Crippen LogP contribution in [-0.2, 0) is 15.3 Å². The van der Waals surface area contributed by atoms with E-state index in [0.717, 1.165) is 6.07 Å². The van der Waals surface area contributed by atoms with E-state index in [1.807, 2.05) is 0 Å². The number of benzene rings is 1. The maximum atomic E-state index is 12.6. The number of aliphatic carboxylic acids is 1. The second-order valence-corrected chi connectivity index (χ2v) is 5.62. The fourth-order valence-corrected chi connectivity index (χ4v) is 2.10. The molecule has 23 heavy (non-hydrogen) atoms. The summed E-state index contributed by atoms with van der Waals surface area (Å²) in [6.07, 6.45) is 1.24. The largest absolute Gasteiger partial charge is 0.488 e. The smallest absolute Gasteiger partial charge is 0.480 e. The Morgan fingerprint density at radius 2 is 1.96 bits per heavy atom. The van der Waals surface area contributed by atoms with Crippen LogP contribution in [0.4, 0.5) is 3.89 Å². The number of rotatable bonds is 9. The van der Waals surface area contributed by atoms with Crippen LogP contribution in [-0.4, -0.2) is 38.0 Å². The summed E-state index contributed by atoms with van der Waals surface area (Å²) in [5, 5.41) is 11.1. The first-order chi connectivity index (χ1) is 10.7. The number of carboxylic acids is 1. The van der Waals surface area contributed by atoms with E-state index in [1.54, 1.807) is 0 Å². The van der Waals surface area contributed by atoms with E-state index in [4.69, 9.17) is 10.8 Å². The molecule has 1 rings (SSSR count). The van der Waals surface area contributed by atoms with Gasteiger partial charge >= 0.3 is 16.5 Å². The summed E-state index contributed by atoms with van der Waals surface area (Å²) in [5.41, 5.74) is 5.20. The molecular weight excluding hydrogens is 331 g/mol. The number of unbranched alkanes of at least 4 members (excludes halogenated alkanes) is 1. The molecule has 1 aromatic carbocycles. The van der Waals surface area contributed by atoms with Crippen molar-refractivity contribution in [1.29, 1.82) is 0 Å². The topological polar surface area (TPSA) is 136 Å². The summed E-state index contributed by atoms with van der Waals surface area (Å²) >= 11 is 0. The van der Waals surface area contributed by atoms with Gasteiger partial charge in [0.05, 0.1) is 5.56 Å². The molecule has 0 aliphatic rings. The highest BCUT2D eigenvalue weighted by Crippen LogP contribution is 2.20. The average molecular weight is 348 g/mol. The minimum absolute atomic E-state index is 0.129. The van der Waals surface area contributed by atoms with Gasteiger partial charge in [0.2, 0.25) is 0 Å². The lowest BCUT2D eigenvalue weighted by Gasteiger charge is -2.09. The number of halogens is 1. The molecule has 0 aromatic heterocycles. The number of carbonyl (C=O) groups is 2. The zero-order chi connectivity index (χ0) is 17.5. The minimum Gasteiger partial charge on any atom is -0.480 e. The molecule has 0 bridgehead atoms. The first-order valence-electron chi connectivity index (χ1n) is 6.70. The number of para-hydroxylation sites is 1. The minimum atomic E-state index is -5.23. The molecule has 1 atom stereocenters. The lowest BCUT2D eigenvalue weighted by atomic mass is 10.1. The second-order valence-electron chi connectivity index (χ2n) is 4.67. The molecule has 0 heterocycles. The van der Waals surface area contributed by atoms with E-state index in [1.165, 1.54) is 18.2 Å². The quantitative estimate of drug-likeness (QED) is 0.439. The molecule has 0 saturated carbocycles. The molecule has 0 saturated heterocycles. The SMILES string of the molecule is N[C@@H](CCCCNC(=O)c1ccccc1OS(=O)(=O)F)C(=O)O. The van der Waals surface area contributed by atoms with Crippen molar-refractivity contribution >= 4 is 22.4 Å². The van der Waals surface area contributed by atoms with Crippen molar-refractivity contribution in [3.05, 3.63) is 29.8 Å². The average Bonchev–Trinajstić information content (AvgIpc) is 2.45. The van der Waals surface area contributed by atoms with Crippen LogP contribution in [0, 0.1) is 0 Å². The molecule has 1 aromatic rings. The van der Waals surface area contributed by atoms with E-state index in [-0.39, 0.29) is 18.5 Å². The lowest BCUT2D eigenvalue weighted by Crippen LogP contribution is -2.30. The summed E-state index contributed by atoms with van der Waals surface area (Å²) < 4.78 is 37.7. The van der Waals surface area contributed by atoms with Gasteiger partial charge in [0.1, 0.15) is 6.04 Å². The van der Waals surface area contributed by atoms with E-state index in [9.17, 15) is 21.9 Å². The normalized spacial score (nSPS) is 12.4. The molecule has 4 N–H and O–H groups in total. The number of hydrogen-bond acceptors (Lipinski definition) is 6.